The summed E-state index contributed by atoms with van der Waals surface area (Å²) in [4.78, 5) is 0.522. The average Bonchev–Trinajstić information content (AvgIpc) is 3.22. The molecule has 0 aliphatic carbocycles. The van der Waals surface area contributed by atoms with Gasteiger partial charge >= 0.3 is 335 Å². The van der Waals surface area contributed by atoms with Crippen molar-refractivity contribution in [3.05, 3.63) is 71.3 Å². The van der Waals surface area contributed by atoms with Gasteiger partial charge in [0.15, 0.2) is 0 Å². The maximum absolute atomic E-state index is 16.0. The molecule has 0 heterocycles. The second-order valence-electron chi connectivity index (χ2n) is 17.6. The molecule has 0 saturated heterocycles. The molecule has 3 aromatic carbocycles. The molecule has 3 rings (SSSR count). The van der Waals surface area contributed by atoms with Crippen LogP contribution in [0, 0.1) is 0 Å². The summed E-state index contributed by atoms with van der Waals surface area (Å²) >= 11 is 0. The molecule has 324 valence electrons. The van der Waals surface area contributed by atoms with E-state index in [0.29, 0.717) is 4.90 Å². The molecule has 0 amide bonds. The predicted molar refractivity (Wildman–Crippen MR) is 256 cm³/mol. The molecular formula is C52H87O3PS. The van der Waals surface area contributed by atoms with Gasteiger partial charge in [0.25, 0.3) is 0 Å². The molecule has 3 aromatic rings. The van der Waals surface area contributed by atoms with Crippen LogP contribution in [0.5, 0.6) is 0 Å². The molecule has 0 aromatic heterocycles. The third-order valence-electron chi connectivity index (χ3n) is 12.9. The normalized spacial score (nSPS) is 13.0. The Morgan fingerprint density at radius 1 is 0.404 bits per heavy atom. The van der Waals surface area contributed by atoms with Crippen LogP contribution >= 0.6 is 6.83 Å². The first-order valence-corrected chi connectivity index (χ1v) is 28.5. The fourth-order valence-electron chi connectivity index (χ4n) is 9.53. The molecule has 0 bridgehead atoms. The van der Waals surface area contributed by atoms with E-state index in [4.69, 9.17) is 3.97 Å². The first-order chi connectivity index (χ1) is 27.8. The summed E-state index contributed by atoms with van der Waals surface area (Å²) in [7, 11) is -4.18. The summed E-state index contributed by atoms with van der Waals surface area (Å²) in [6.45, 7) is 10.1. The van der Waals surface area contributed by atoms with Crippen molar-refractivity contribution in [2.75, 3.05) is 18.5 Å². The van der Waals surface area contributed by atoms with Gasteiger partial charge < -0.3 is 0 Å². The van der Waals surface area contributed by atoms with Gasteiger partial charge in [-0.3, -0.25) is 0 Å². The smallest absolute Gasteiger partial charge is 0.0654 e. The van der Waals surface area contributed by atoms with Crippen molar-refractivity contribution in [3.63, 3.8) is 0 Å². The van der Waals surface area contributed by atoms with Gasteiger partial charge in [0, 0.05) is 0 Å². The van der Waals surface area contributed by atoms with E-state index >= 15 is 8.42 Å². The molecule has 0 fully saturated rings. The van der Waals surface area contributed by atoms with Crippen molar-refractivity contribution in [1.29, 1.82) is 0 Å². The molecule has 0 spiro atoms. The van der Waals surface area contributed by atoms with Crippen LogP contribution in [0.1, 0.15) is 212 Å². The summed E-state index contributed by atoms with van der Waals surface area (Å²) in [5.41, 5.74) is 3.88. The Morgan fingerprint density at radius 3 is 1.23 bits per heavy atom. The Kier molecular flexibility index (Phi) is 23.7. The minimum absolute atomic E-state index is 0.522. The van der Waals surface area contributed by atoms with Gasteiger partial charge in [-0.2, -0.15) is 0 Å². The van der Waals surface area contributed by atoms with E-state index in [1.54, 1.807) is 0 Å². The molecule has 0 radical (unpaired) electrons. The number of unbranched alkanes of at least 4 members (excludes halogenated alkanes) is 18. The van der Waals surface area contributed by atoms with Crippen molar-refractivity contribution >= 4 is 33.0 Å². The SMILES string of the molecule is CCCCCCCCc1c(CCCCCCCC)c(S(=O)(=O)OP(CCCC)(CCCC)(CCCC)c2ccccc2)c2ccccc2c1CCCCCCCC. The fourth-order valence-corrected chi connectivity index (χ4v) is 19.6. The predicted octanol–water partition coefficient (Wildman–Crippen LogP) is 16.4. The minimum Gasteiger partial charge on any atom is -0.0654 e. The summed E-state index contributed by atoms with van der Waals surface area (Å²) in [6.07, 6.45) is 33.4. The molecule has 5 heteroatoms. The standard InChI is InChI=1S/C52H87O3PS/c1-7-13-19-22-25-31-38-47-48(39-32-26-23-20-14-8-2)50(41-33-27-24-21-15-9-3)52(51-42-35-34-40-49(47)51)57(53,54)55-56(43-16-10-4,44-17-11-5,45-18-12-6)46-36-29-28-30-37-46/h28-30,34-37,40,42H,7-27,31-33,38-39,41,43-45H2,1-6H3. The van der Waals surface area contributed by atoms with Gasteiger partial charge in [-0.05, 0) is 0 Å². The van der Waals surface area contributed by atoms with Crippen LogP contribution in [-0.4, -0.2) is 26.9 Å². The monoisotopic (exact) mass is 823 g/mol. The van der Waals surface area contributed by atoms with Crippen molar-refractivity contribution in [3.8, 4) is 0 Å². The summed E-state index contributed by atoms with van der Waals surface area (Å²) in [6, 6.07) is 19.3. The quantitative estimate of drug-likeness (QED) is 0.0445. The summed E-state index contributed by atoms with van der Waals surface area (Å²) < 4.78 is 39.5. The molecule has 0 aliphatic heterocycles. The molecule has 0 unspecified atom stereocenters. The summed E-state index contributed by atoms with van der Waals surface area (Å²) in [5, 5.41) is 3.21. The fraction of sp³-hybridized carbons (Fsp3) is 0.692. The van der Waals surface area contributed by atoms with Gasteiger partial charge in [-0.1, -0.05) is 20.3 Å². The molecule has 3 nitrogen and oxygen atoms in total. The van der Waals surface area contributed by atoms with Crippen LogP contribution in [0.2, 0.25) is 0 Å². The van der Waals surface area contributed by atoms with Crippen molar-refractivity contribution in [2.45, 2.75) is 220 Å². The zero-order chi connectivity index (χ0) is 41.3. The minimum atomic E-state index is -4.18. The number of benzene rings is 3. The Balaban J connectivity index is 2.36. The van der Waals surface area contributed by atoms with Gasteiger partial charge in [0.1, 0.15) is 0 Å². The number of hydrogen-bond acceptors (Lipinski definition) is 3. The maximum atomic E-state index is 16.0. The van der Waals surface area contributed by atoms with Gasteiger partial charge in [-0.25, -0.2) is 0 Å². The molecule has 57 heavy (non-hydrogen) atoms. The third-order valence-corrected chi connectivity index (χ3v) is 21.9. The first-order valence-electron chi connectivity index (χ1n) is 24.4. The second-order valence-corrected chi connectivity index (χ2v) is 24.6. The molecule has 0 N–H and O–H groups in total. The van der Waals surface area contributed by atoms with Crippen LogP contribution in [-0.2, 0) is 33.4 Å². The van der Waals surface area contributed by atoms with E-state index < -0.39 is 16.9 Å². The van der Waals surface area contributed by atoms with Gasteiger partial charge in [-0.15, -0.1) is 0 Å². The van der Waals surface area contributed by atoms with Crippen molar-refractivity contribution in [2.24, 2.45) is 0 Å². The van der Waals surface area contributed by atoms with E-state index in [1.807, 2.05) is 0 Å². The molecule has 0 aliphatic rings. The first kappa shape index (κ1) is 49.6. The third kappa shape index (κ3) is 14.7. The van der Waals surface area contributed by atoms with Crippen LogP contribution in [0.4, 0.5) is 0 Å². The van der Waals surface area contributed by atoms with E-state index in [-0.39, 0.29) is 0 Å². The average molecular weight is 823 g/mol. The van der Waals surface area contributed by atoms with Crippen LogP contribution in [0.3, 0.4) is 0 Å². The number of fused-ring (bicyclic) bond motifs is 1. The Bertz CT molecular complexity index is 1610. The number of aryl methyl sites for hydroxylation is 1. The Morgan fingerprint density at radius 2 is 0.772 bits per heavy atom. The van der Waals surface area contributed by atoms with E-state index in [2.05, 4.69) is 96.1 Å². The van der Waals surface area contributed by atoms with Crippen molar-refractivity contribution in [1.82, 2.24) is 0 Å². The van der Waals surface area contributed by atoms with Crippen LogP contribution in [0.25, 0.3) is 10.8 Å². The topological polar surface area (TPSA) is 43.4 Å². The van der Waals surface area contributed by atoms with E-state index in [0.717, 1.165) is 124 Å². The van der Waals surface area contributed by atoms with Gasteiger partial charge in [0.05, 0.1) is 0 Å². The van der Waals surface area contributed by atoms with Gasteiger partial charge in [0.2, 0.25) is 0 Å². The number of rotatable bonds is 34. The molecule has 0 atom stereocenters. The van der Waals surface area contributed by atoms with E-state index in [1.165, 1.54) is 101 Å². The zero-order valence-corrected chi connectivity index (χ0v) is 39.7. The summed E-state index contributed by atoms with van der Waals surface area (Å²) in [5.74, 6) is 0. The van der Waals surface area contributed by atoms with Crippen LogP contribution < -0.4 is 5.30 Å². The number of hydrogen-bond donors (Lipinski definition) is 0. The van der Waals surface area contributed by atoms with Crippen LogP contribution in [0.15, 0.2) is 59.5 Å². The Labute approximate surface area is 353 Å². The Hall–Kier alpha value is -1.74. The van der Waals surface area contributed by atoms with E-state index in [9.17, 15) is 0 Å². The molecular weight excluding hydrogens is 736 g/mol. The zero-order valence-electron chi connectivity index (χ0n) is 38.0. The van der Waals surface area contributed by atoms with Crippen molar-refractivity contribution < 1.29 is 12.4 Å². The second kappa shape index (κ2) is 27.2. The molecule has 0 saturated carbocycles.